The van der Waals surface area contributed by atoms with Gasteiger partial charge in [-0.1, -0.05) is 0 Å². The first-order valence-corrected chi connectivity index (χ1v) is 7.37. The van der Waals surface area contributed by atoms with Crippen LogP contribution in [0.4, 0.5) is 8.78 Å². The smallest absolute Gasteiger partial charge is 0.172 e. The van der Waals surface area contributed by atoms with Crippen LogP contribution in [-0.4, -0.2) is 32.6 Å². The molecule has 1 N–H and O–H groups in total. The molecule has 1 aromatic rings. The molecule has 3 nitrogen and oxygen atoms in total. The molecule has 0 saturated carbocycles. The molecular weight excluding hydrogens is 332 g/mol. The summed E-state index contributed by atoms with van der Waals surface area (Å²) in [5.41, 5.74) is 0.0168. The molecule has 0 amide bonds. The summed E-state index contributed by atoms with van der Waals surface area (Å²) in [5.74, 6) is -1.16. The lowest BCUT2D eigenvalue weighted by Gasteiger charge is -2.26. The molecular formula is C14H20BrF2NO2. The molecule has 114 valence electrons. The van der Waals surface area contributed by atoms with E-state index < -0.39 is 17.9 Å². The van der Waals surface area contributed by atoms with E-state index in [2.05, 4.69) is 21.2 Å². The largest absolute Gasteiger partial charge is 0.351 e. The number of rotatable bonds is 8. The number of hydrogen-bond acceptors (Lipinski definition) is 3. The highest BCUT2D eigenvalue weighted by atomic mass is 79.9. The molecule has 0 heterocycles. The second-order valence-electron chi connectivity index (χ2n) is 4.20. The van der Waals surface area contributed by atoms with Gasteiger partial charge in [-0.3, -0.25) is 0 Å². The molecule has 0 bridgehead atoms. The van der Waals surface area contributed by atoms with Crippen LogP contribution in [0, 0.1) is 11.6 Å². The Morgan fingerprint density at radius 1 is 1.20 bits per heavy atom. The maximum atomic E-state index is 14.0. The van der Waals surface area contributed by atoms with Gasteiger partial charge in [0.1, 0.15) is 11.6 Å². The predicted molar refractivity (Wildman–Crippen MR) is 77.6 cm³/mol. The normalized spacial score (nSPS) is 12.9. The average Bonchev–Trinajstić information content (AvgIpc) is 2.43. The number of ether oxygens (including phenoxy) is 2. The monoisotopic (exact) mass is 351 g/mol. The van der Waals surface area contributed by atoms with Crippen LogP contribution >= 0.6 is 15.9 Å². The first kappa shape index (κ1) is 17.5. The lowest BCUT2D eigenvalue weighted by atomic mass is 10.0. The molecule has 6 heteroatoms. The van der Waals surface area contributed by atoms with Crippen molar-refractivity contribution in [3.63, 3.8) is 0 Å². The molecule has 0 fully saturated rings. The fourth-order valence-electron chi connectivity index (χ4n) is 1.92. The van der Waals surface area contributed by atoms with E-state index in [0.29, 0.717) is 13.2 Å². The summed E-state index contributed by atoms with van der Waals surface area (Å²) in [6.07, 6.45) is -0.411. The van der Waals surface area contributed by atoms with Gasteiger partial charge in [-0.2, -0.15) is 0 Å². The number of benzene rings is 1. The summed E-state index contributed by atoms with van der Waals surface area (Å²) in [7, 11) is 1.71. The standard InChI is InChI=1S/C14H20BrF2NO2/c1-4-19-14(20-5-2)12(18-3)8-9-11(16)7-6-10(15)13(9)17/h6-7,12,14,18H,4-5,8H2,1-3H3. The second-order valence-corrected chi connectivity index (χ2v) is 5.05. The Labute approximate surface area is 126 Å². The first-order chi connectivity index (χ1) is 9.54. The van der Waals surface area contributed by atoms with Crippen LogP contribution in [-0.2, 0) is 15.9 Å². The van der Waals surface area contributed by atoms with Gasteiger partial charge in [-0.05, 0) is 55.4 Å². The Balaban J connectivity index is 2.94. The topological polar surface area (TPSA) is 30.5 Å². The lowest BCUT2D eigenvalue weighted by Crippen LogP contribution is -2.43. The highest BCUT2D eigenvalue weighted by molar-refractivity contribution is 9.10. The Bertz CT molecular complexity index is 426. The first-order valence-electron chi connectivity index (χ1n) is 6.57. The van der Waals surface area contributed by atoms with E-state index in [1.165, 1.54) is 12.1 Å². The molecule has 0 spiro atoms. The third-order valence-electron chi connectivity index (χ3n) is 2.92. The minimum atomic E-state index is -0.586. The maximum absolute atomic E-state index is 14.0. The average molecular weight is 352 g/mol. The van der Waals surface area contributed by atoms with Crippen molar-refractivity contribution in [2.45, 2.75) is 32.6 Å². The van der Waals surface area contributed by atoms with Gasteiger partial charge in [-0.25, -0.2) is 8.78 Å². The van der Waals surface area contributed by atoms with E-state index in [9.17, 15) is 8.78 Å². The van der Waals surface area contributed by atoms with Crippen LogP contribution < -0.4 is 5.32 Å². The van der Waals surface area contributed by atoms with Crippen molar-refractivity contribution in [2.75, 3.05) is 20.3 Å². The van der Waals surface area contributed by atoms with Crippen LogP contribution in [0.15, 0.2) is 16.6 Å². The molecule has 0 saturated heterocycles. The fourth-order valence-corrected chi connectivity index (χ4v) is 2.29. The van der Waals surface area contributed by atoms with E-state index >= 15 is 0 Å². The van der Waals surface area contributed by atoms with Gasteiger partial charge in [0.15, 0.2) is 6.29 Å². The summed E-state index contributed by atoms with van der Waals surface area (Å²) in [6.45, 7) is 4.62. The molecule has 1 atom stereocenters. The molecule has 0 aliphatic carbocycles. The van der Waals surface area contributed by atoms with Gasteiger partial charge in [0, 0.05) is 18.8 Å². The van der Waals surface area contributed by atoms with Crippen molar-refractivity contribution >= 4 is 15.9 Å². The minimum Gasteiger partial charge on any atom is -0.351 e. The van der Waals surface area contributed by atoms with Crippen molar-refractivity contribution in [1.29, 1.82) is 0 Å². The van der Waals surface area contributed by atoms with Crippen LogP contribution in [0.5, 0.6) is 0 Å². The van der Waals surface area contributed by atoms with Crippen LogP contribution in [0.3, 0.4) is 0 Å². The maximum Gasteiger partial charge on any atom is 0.172 e. The quantitative estimate of drug-likeness (QED) is 0.576. The minimum absolute atomic E-state index is 0.0168. The van der Waals surface area contributed by atoms with Gasteiger partial charge in [0.25, 0.3) is 0 Å². The second kappa shape index (κ2) is 8.67. The molecule has 0 aromatic heterocycles. The van der Waals surface area contributed by atoms with Crippen molar-refractivity contribution in [1.82, 2.24) is 5.32 Å². The zero-order valence-corrected chi connectivity index (χ0v) is 13.5. The third-order valence-corrected chi connectivity index (χ3v) is 3.54. The Hall–Kier alpha value is -0.560. The number of nitrogens with one attached hydrogen (secondary N) is 1. The van der Waals surface area contributed by atoms with E-state index in [-0.39, 0.29) is 22.5 Å². The van der Waals surface area contributed by atoms with Gasteiger partial charge in [0.2, 0.25) is 0 Å². The SMILES string of the molecule is CCOC(OCC)C(Cc1c(F)ccc(Br)c1F)NC. The highest BCUT2D eigenvalue weighted by Crippen LogP contribution is 2.23. The third kappa shape index (κ3) is 4.48. The van der Waals surface area contributed by atoms with Crippen molar-refractivity contribution in [3.8, 4) is 0 Å². The summed E-state index contributed by atoms with van der Waals surface area (Å²) >= 11 is 3.07. The molecule has 1 aromatic carbocycles. The lowest BCUT2D eigenvalue weighted by molar-refractivity contribution is -0.152. The Morgan fingerprint density at radius 2 is 1.80 bits per heavy atom. The van der Waals surface area contributed by atoms with E-state index in [0.717, 1.165) is 0 Å². The number of likely N-dealkylation sites (N-methyl/N-ethyl adjacent to an activating group) is 1. The van der Waals surface area contributed by atoms with Crippen LogP contribution in [0.25, 0.3) is 0 Å². The molecule has 1 unspecified atom stereocenters. The van der Waals surface area contributed by atoms with Gasteiger partial charge >= 0.3 is 0 Å². The fraction of sp³-hybridized carbons (Fsp3) is 0.571. The van der Waals surface area contributed by atoms with E-state index in [1.54, 1.807) is 7.05 Å². The van der Waals surface area contributed by atoms with Crippen LogP contribution in [0.2, 0.25) is 0 Å². The van der Waals surface area contributed by atoms with E-state index in [1.807, 2.05) is 13.8 Å². The van der Waals surface area contributed by atoms with Crippen molar-refractivity contribution < 1.29 is 18.3 Å². The van der Waals surface area contributed by atoms with Crippen molar-refractivity contribution in [3.05, 3.63) is 33.8 Å². The Morgan fingerprint density at radius 3 is 2.30 bits per heavy atom. The summed E-state index contributed by atoms with van der Waals surface area (Å²) < 4.78 is 39.0. The summed E-state index contributed by atoms with van der Waals surface area (Å²) in [6, 6.07) is 2.25. The zero-order valence-electron chi connectivity index (χ0n) is 11.9. The summed E-state index contributed by atoms with van der Waals surface area (Å²) in [5, 5.41) is 3.00. The number of hydrogen-bond donors (Lipinski definition) is 1. The summed E-state index contributed by atoms with van der Waals surface area (Å²) in [4.78, 5) is 0. The molecule has 20 heavy (non-hydrogen) atoms. The molecule has 0 aliphatic heterocycles. The van der Waals surface area contributed by atoms with Gasteiger partial charge in [0.05, 0.1) is 10.5 Å². The molecule has 0 aliphatic rings. The van der Waals surface area contributed by atoms with Crippen LogP contribution in [0.1, 0.15) is 19.4 Å². The van der Waals surface area contributed by atoms with Gasteiger partial charge in [-0.15, -0.1) is 0 Å². The Kier molecular flexibility index (Phi) is 7.58. The van der Waals surface area contributed by atoms with Crippen molar-refractivity contribution in [2.24, 2.45) is 0 Å². The highest BCUT2D eigenvalue weighted by Gasteiger charge is 2.24. The molecule has 0 radical (unpaired) electrons. The van der Waals surface area contributed by atoms with E-state index in [4.69, 9.17) is 9.47 Å². The molecule has 1 rings (SSSR count). The zero-order chi connectivity index (χ0) is 15.1. The predicted octanol–water partition coefficient (Wildman–Crippen LogP) is 3.26. The van der Waals surface area contributed by atoms with Gasteiger partial charge < -0.3 is 14.8 Å². The number of halogens is 3.